The SMILES string of the molecule is CCCON(CCC)C(=O)CN1CC(c2ccc3c(c2)CCO3)C(C(=O)O)C1CCN1CC(C)(C)CC1=O. The molecule has 2 fully saturated rings. The van der Waals surface area contributed by atoms with Gasteiger partial charge in [0.15, 0.2) is 0 Å². The fourth-order valence-corrected chi connectivity index (χ4v) is 6.22. The summed E-state index contributed by atoms with van der Waals surface area (Å²) in [5, 5.41) is 11.9. The number of carboxylic acids is 1. The molecule has 0 spiro atoms. The Morgan fingerprint density at radius 2 is 2.03 bits per heavy atom. The lowest BCUT2D eigenvalue weighted by molar-refractivity contribution is -0.188. The molecule has 0 bridgehead atoms. The first-order valence-corrected chi connectivity index (χ1v) is 14.1. The predicted molar refractivity (Wildman–Crippen MR) is 143 cm³/mol. The van der Waals surface area contributed by atoms with E-state index in [1.807, 2.05) is 35.8 Å². The summed E-state index contributed by atoms with van der Waals surface area (Å²) in [6.07, 6.45) is 3.38. The zero-order valence-electron chi connectivity index (χ0n) is 23.3. The van der Waals surface area contributed by atoms with E-state index in [1.165, 1.54) is 5.06 Å². The molecule has 9 heteroatoms. The van der Waals surface area contributed by atoms with Crippen molar-refractivity contribution in [3.8, 4) is 5.75 Å². The topological polar surface area (TPSA) is 99.6 Å². The summed E-state index contributed by atoms with van der Waals surface area (Å²) in [6, 6.07) is 5.60. The predicted octanol–water partition coefficient (Wildman–Crippen LogP) is 3.32. The largest absolute Gasteiger partial charge is 0.493 e. The quantitative estimate of drug-likeness (QED) is 0.415. The van der Waals surface area contributed by atoms with Crippen LogP contribution in [0.1, 0.15) is 70.4 Å². The molecule has 1 aromatic carbocycles. The van der Waals surface area contributed by atoms with Crippen LogP contribution in [0.2, 0.25) is 0 Å². The fraction of sp³-hybridized carbons (Fsp3) is 0.690. The second-order valence-corrected chi connectivity index (χ2v) is 11.7. The number of fused-ring (bicyclic) bond motifs is 1. The molecule has 0 aromatic heterocycles. The first kappa shape index (κ1) is 28.4. The van der Waals surface area contributed by atoms with Gasteiger partial charge in [-0.2, -0.15) is 0 Å². The lowest BCUT2D eigenvalue weighted by Gasteiger charge is -2.30. The molecule has 210 valence electrons. The Kier molecular flexibility index (Phi) is 8.98. The normalized spacial score (nSPS) is 24.5. The number of nitrogens with zero attached hydrogens (tertiary/aromatic N) is 3. The first-order chi connectivity index (χ1) is 18.1. The summed E-state index contributed by atoms with van der Waals surface area (Å²) in [7, 11) is 0. The number of carboxylic acid groups (broad SMARTS) is 1. The molecule has 3 atom stereocenters. The van der Waals surface area contributed by atoms with Gasteiger partial charge in [0, 0.05) is 51.0 Å². The Morgan fingerprint density at radius 1 is 1.24 bits per heavy atom. The lowest BCUT2D eigenvalue weighted by atomic mass is 9.83. The summed E-state index contributed by atoms with van der Waals surface area (Å²) in [6.45, 7) is 11.4. The van der Waals surface area contributed by atoms with Gasteiger partial charge in [-0.1, -0.05) is 39.8 Å². The van der Waals surface area contributed by atoms with Crippen molar-refractivity contribution < 1.29 is 29.1 Å². The second kappa shape index (κ2) is 12.0. The molecule has 4 rings (SSSR count). The molecule has 3 heterocycles. The smallest absolute Gasteiger partial charge is 0.308 e. The van der Waals surface area contributed by atoms with Crippen LogP contribution in [0.4, 0.5) is 0 Å². The highest BCUT2D eigenvalue weighted by Gasteiger charge is 2.48. The van der Waals surface area contributed by atoms with Crippen LogP contribution < -0.4 is 4.74 Å². The van der Waals surface area contributed by atoms with E-state index >= 15 is 0 Å². The zero-order chi connectivity index (χ0) is 27.4. The Bertz CT molecular complexity index is 1030. The van der Waals surface area contributed by atoms with Gasteiger partial charge >= 0.3 is 5.97 Å². The third kappa shape index (κ3) is 6.31. The van der Waals surface area contributed by atoms with E-state index < -0.39 is 11.9 Å². The van der Waals surface area contributed by atoms with Gasteiger partial charge in [-0.3, -0.25) is 24.1 Å². The van der Waals surface area contributed by atoms with Gasteiger partial charge in [0.2, 0.25) is 5.91 Å². The van der Waals surface area contributed by atoms with Crippen molar-refractivity contribution in [3.63, 3.8) is 0 Å². The van der Waals surface area contributed by atoms with E-state index in [0.717, 1.165) is 36.1 Å². The van der Waals surface area contributed by atoms with Crippen molar-refractivity contribution in [2.45, 2.75) is 71.8 Å². The van der Waals surface area contributed by atoms with Crippen LogP contribution >= 0.6 is 0 Å². The van der Waals surface area contributed by atoms with Crippen molar-refractivity contribution in [1.82, 2.24) is 14.9 Å². The molecule has 2 amide bonds. The van der Waals surface area contributed by atoms with Crippen LogP contribution in [-0.4, -0.2) is 89.7 Å². The molecule has 0 radical (unpaired) electrons. The minimum Gasteiger partial charge on any atom is -0.493 e. The molecule has 38 heavy (non-hydrogen) atoms. The molecule has 9 nitrogen and oxygen atoms in total. The summed E-state index contributed by atoms with van der Waals surface area (Å²) in [5.74, 6) is -1.01. The average molecular weight is 530 g/mol. The van der Waals surface area contributed by atoms with E-state index in [1.54, 1.807) is 0 Å². The third-order valence-corrected chi connectivity index (χ3v) is 7.97. The van der Waals surface area contributed by atoms with Crippen molar-refractivity contribution in [1.29, 1.82) is 0 Å². The van der Waals surface area contributed by atoms with Gasteiger partial charge in [-0.25, -0.2) is 5.06 Å². The summed E-state index contributed by atoms with van der Waals surface area (Å²) in [4.78, 5) is 48.3. The van der Waals surface area contributed by atoms with Gasteiger partial charge in [0.25, 0.3) is 5.91 Å². The van der Waals surface area contributed by atoms with Crippen molar-refractivity contribution >= 4 is 17.8 Å². The number of aliphatic carboxylic acids is 1. The maximum atomic E-state index is 13.3. The average Bonchev–Trinajstić information content (AvgIpc) is 3.54. The van der Waals surface area contributed by atoms with Crippen molar-refractivity contribution in [3.05, 3.63) is 29.3 Å². The zero-order valence-corrected chi connectivity index (χ0v) is 23.3. The molecule has 0 aliphatic carbocycles. The second-order valence-electron chi connectivity index (χ2n) is 11.7. The summed E-state index contributed by atoms with van der Waals surface area (Å²) >= 11 is 0. The van der Waals surface area contributed by atoms with Crippen molar-refractivity contribution in [2.24, 2.45) is 11.3 Å². The monoisotopic (exact) mass is 529 g/mol. The van der Waals surface area contributed by atoms with Crippen LogP contribution in [0, 0.1) is 11.3 Å². The highest BCUT2D eigenvalue weighted by atomic mass is 16.7. The summed E-state index contributed by atoms with van der Waals surface area (Å²) in [5.41, 5.74) is 1.98. The molecule has 3 unspecified atom stereocenters. The van der Waals surface area contributed by atoms with E-state index in [9.17, 15) is 19.5 Å². The third-order valence-electron chi connectivity index (χ3n) is 7.97. The number of hydrogen-bond donors (Lipinski definition) is 1. The Labute approximate surface area is 226 Å². The summed E-state index contributed by atoms with van der Waals surface area (Å²) < 4.78 is 5.66. The van der Waals surface area contributed by atoms with Gasteiger partial charge in [-0.05, 0) is 41.9 Å². The van der Waals surface area contributed by atoms with Gasteiger partial charge in [0.1, 0.15) is 5.75 Å². The van der Waals surface area contributed by atoms with Gasteiger partial charge in [0.05, 0.1) is 25.7 Å². The van der Waals surface area contributed by atoms with Gasteiger partial charge in [-0.15, -0.1) is 0 Å². The number of amides is 2. The van der Waals surface area contributed by atoms with Crippen LogP contribution in [0.5, 0.6) is 5.75 Å². The molecule has 0 saturated carbocycles. The number of hydroxylamine groups is 2. The Balaban J connectivity index is 1.58. The molecule has 1 N–H and O–H groups in total. The van der Waals surface area contributed by atoms with Crippen LogP contribution in [0.25, 0.3) is 0 Å². The molecule has 3 aliphatic heterocycles. The van der Waals surface area contributed by atoms with E-state index in [-0.39, 0.29) is 35.7 Å². The maximum Gasteiger partial charge on any atom is 0.308 e. The van der Waals surface area contributed by atoms with Crippen LogP contribution in [-0.2, 0) is 25.6 Å². The molecule has 3 aliphatic rings. The molecule has 2 saturated heterocycles. The number of carbonyl (C=O) groups excluding carboxylic acids is 2. The number of carbonyl (C=O) groups is 3. The number of hydrogen-bond acceptors (Lipinski definition) is 6. The maximum absolute atomic E-state index is 13.3. The Morgan fingerprint density at radius 3 is 2.68 bits per heavy atom. The number of rotatable bonds is 12. The van der Waals surface area contributed by atoms with Crippen LogP contribution in [0.3, 0.4) is 0 Å². The van der Waals surface area contributed by atoms with E-state index in [0.29, 0.717) is 52.2 Å². The van der Waals surface area contributed by atoms with Crippen molar-refractivity contribution in [2.75, 3.05) is 45.9 Å². The fourth-order valence-electron chi connectivity index (χ4n) is 6.22. The number of benzene rings is 1. The number of likely N-dealkylation sites (tertiary alicyclic amines) is 2. The van der Waals surface area contributed by atoms with E-state index in [4.69, 9.17) is 9.57 Å². The Hall–Kier alpha value is -2.65. The van der Waals surface area contributed by atoms with E-state index in [2.05, 4.69) is 19.9 Å². The minimum atomic E-state index is -0.868. The molecular formula is C29H43N3O6. The standard InChI is InChI=1S/C29H43N3O6/c1-5-11-32(38-13-6-2)26(34)18-31-17-22(20-7-8-24-21(15-20)10-14-37-24)27(28(35)36)23(31)9-12-30-19-29(3,4)16-25(30)33/h7-8,15,22-23,27H,5-6,9-14,16-19H2,1-4H3,(H,35,36). The molecular weight excluding hydrogens is 486 g/mol. The molecule has 1 aromatic rings. The number of ether oxygens (including phenoxy) is 1. The lowest BCUT2D eigenvalue weighted by Crippen LogP contribution is -2.45. The minimum absolute atomic E-state index is 0.0824. The highest BCUT2D eigenvalue weighted by Crippen LogP contribution is 2.41. The van der Waals surface area contributed by atoms with Gasteiger partial charge < -0.3 is 14.7 Å². The first-order valence-electron chi connectivity index (χ1n) is 14.1. The van der Waals surface area contributed by atoms with Crippen LogP contribution in [0.15, 0.2) is 18.2 Å². The highest BCUT2D eigenvalue weighted by molar-refractivity contribution is 5.79.